The Morgan fingerprint density at radius 3 is 2.87 bits per heavy atom. The van der Waals surface area contributed by atoms with Gasteiger partial charge in [-0.2, -0.15) is 4.98 Å². The second kappa shape index (κ2) is 5.30. The highest BCUT2D eigenvalue weighted by molar-refractivity contribution is 5.90. The molecule has 0 saturated carbocycles. The quantitative estimate of drug-likeness (QED) is 0.595. The molecule has 1 aromatic heterocycles. The maximum Gasteiger partial charge on any atom is 0.291 e. The first kappa shape index (κ1) is 11.4. The van der Waals surface area contributed by atoms with Crippen LogP contribution in [0.5, 0.6) is 0 Å². The number of nitrogen functional groups attached to an aromatic ring is 1. The average molecular weight is 213 g/mol. The van der Waals surface area contributed by atoms with E-state index in [0.29, 0.717) is 19.5 Å². The zero-order valence-corrected chi connectivity index (χ0v) is 8.60. The van der Waals surface area contributed by atoms with Gasteiger partial charge in [0, 0.05) is 19.7 Å². The summed E-state index contributed by atoms with van der Waals surface area (Å²) in [4.78, 5) is 17.1. The molecule has 0 saturated heterocycles. The summed E-state index contributed by atoms with van der Waals surface area (Å²) < 4.78 is 0. The van der Waals surface area contributed by atoms with Crippen LogP contribution in [0.15, 0.2) is 0 Å². The number of aliphatic hydroxyl groups excluding tert-OH is 1. The highest BCUT2D eigenvalue weighted by atomic mass is 16.3. The number of carbonyl (C=O) groups excluding carboxylic acids is 1. The third-order valence-corrected chi connectivity index (χ3v) is 1.96. The van der Waals surface area contributed by atoms with Gasteiger partial charge in [0.25, 0.3) is 5.91 Å². The van der Waals surface area contributed by atoms with Gasteiger partial charge in [0.05, 0.1) is 0 Å². The zero-order valence-electron chi connectivity index (χ0n) is 8.60. The Balaban J connectivity index is 2.64. The second-order valence-corrected chi connectivity index (χ2v) is 3.00. The minimum Gasteiger partial charge on any atom is -0.396 e. The predicted molar refractivity (Wildman–Crippen MR) is 54.1 cm³/mol. The maximum atomic E-state index is 11.8. The van der Waals surface area contributed by atoms with Crippen molar-refractivity contribution in [1.82, 2.24) is 20.1 Å². The Bertz CT molecular complexity index is 325. The minimum absolute atomic E-state index is 0.0524. The fourth-order valence-electron chi connectivity index (χ4n) is 1.19. The van der Waals surface area contributed by atoms with Gasteiger partial charge in [0.2, 0.25) is 11.8 Å². The minimum atomic E-state index is -0.254. The van der Waals surface area contributed by atoms with Crippen LogP contribution in [-0.4, -0.2) is 50.8 Å². The van der Waals surface area contributed by atoms with Crippen LogP contribution in [0, 0.1) is 0 Å². The van der Waals surface area contributed by atoms with Crippen molar-refractivity contribution in [2.45, 2.75) is 13.3 Å². The molecule has 15 heavy (non-hydrogen) atoms. The number of amides is 1. The normalized spacial score (nSPS) is 10.3. The maximum absolute atomic E-state index is 11.8. The Labute approximate surface area is 87.3 Å². The van der Waals surface area contributed by atoms with E-state index in [1.165, 1.54) is 0 Å². The lowest BCUT2D eigenvalue weighted by atomic mass is 10.3. The first-order valence-corrected chi connectivity index (χ1v) is 4.77. The molecular weight excluding hydrogens is 198 g/mol. The van der Waals surface area contributed by atoms with Crippen molar-refractivity contribution in [1.29, 1.82) is 0 Å². The third kappa shape index (κ3) is 2.91. The number of H-pyrrole nitrogens is 1. The van der Waals surface area contributed by atoms with E-state index in [-0.39, 0.29) is 24.3 Å². The smallest absolute Gasteiger partial charge is 0.291 e. The summed E-state index contributed by atoms with van der Waals surface area (Å²) in [6.07, 6.45) is 0.545. The molecule has 7 heteroatoms. The van der Waals surface area contributed by atoms with Crippen LogP contribution in [-0.2, 0) is 0 Å². The molecule has 0 unspecified atom stereocenters. The number of rotatable bonds is 5. The van der Waals surface area contributed by atoms with E-state index in [9.17, 15) is 4.79 Å². The van der Waals surface area contributed by atoms with E-state index >= 15 is 0 Å². The molecular formula is C8H15N5O2. The van der Waals surface area contributed by atoms with Gasteiger partial charge in [-0.1, -0.05) is 0 Å². The lowest BCUT2D eigenvalue weighted by Gasteiger charge is -2.18. The van der Waals surface area contributed by atoms with Gasteiger partial charge in [-0.15, -0.1) is 5.10 Å². The molecule has 0 aliphatic rings. The molecule has 0 radical (unpaired) electrons. The molecule has 0 aromatic carbocycles. The number of nitrogens with two attached hydrogens (primary N) is 1. The van der Waals surface area contributed by atoms with Gasteiger partial charge in [-0.3, -0.25) is 9.89 Å². The van der Waals surface area contributed by atoms with E-state index in [2.05, 4.69) is 15.2 Å². The van der Waals surface area contributed by atoms with Crippen LogP contribution in [0.3, 0.4) is 0 Å². The number of anilines is 1. The molecule has 0 aliphatic carbocycles. The SMILES string of the molecule is CCN(CCCO)C(=O)c1nc(N)n[nH]1. The largest absolute Gasteiger partial charge is 0.396 e. The summed E-state index contributed by atoms with van der Waals surface area (Å²) in [5, 5.41) is 14.7. The molecule has 7 nitrogen and oxygen atoms in total. The Hall–Kier alpha value is -1.63. The summed E-state index contributed by atoms with van der Waals surface area (Å²) in [6.45, 7) is 2.96. The lowest BCUT2D eigenvalue weighted by molar-refractivity contribution is 0.0742. The highest BCUT2D eigenvalue weighted by Gasteiger charge is 2.17. The molecule has 0 fully saturated rings. The molecule has 0 bridgehead atoms. The number of nitrogens with zero attached hydrogens (tertiary/aromatic N) is 3. The monoisotopic (exact) mass is 213 g/mol. The topological polar surface area (TPSA) is 108 Å². The number of carbonyl (C=O) groups is 1. The van der Waals surface area contributed by atoms with Gasteiger partial charge in [-0.05, 0) is 13.3 Å². The van der Waals surface area contributed by atoms with Gasteiger partial charge in [0.1, 0.15) is 0 Å². The number of hydrogen-bond donors (Lipinski definition) is 3. The van der Waals surface area contributed by atoms with Gasteiger partial charge >= 0.3 is 0 Å². The Morgan fingerprint density at radius 2 is 2.40 bits per heavy atom. The van der Waals surface area contributed by atoms with Crippen molar-refractivity contribution in [3.63, 3.8) is 0 Å². The number of aliphatic hydroxyl groups is 1. The molecule has 1 aromatic rings. The van der Waals surface area contributed by atoms with Crippen LogP contribution in [0.2, 0.25) is 0 Å². The Morgan fingerprint density at radius 1 is 1.67 bits per heavy atom. The molecule has 0 atom stereocenters. The summed E-state index contributed by atoms with van der Waals surface area (Å²) in [6, 6.07) is 0. The first-order chi connectivity index (χ1) is 7.19. The zero-order chi connectivity index (χ0) is 11.3. The number of aromatic amines is 1. The van der Waals surface area contributed by atoms with E-state index < -0.39 is 0 Å². The average Bonchev–Trinajstić information content (AvgIpc) is 2.65. The van der Waals surface area contributed by atoms with Crippen molar-refractivity contribution < 1.29 is 9.90 Å². The van der Waals surface area contributed by atoms with E-state index in [1.54, 1.807) is 4.90 Å². The summed E-state index contributed by atoms with van der Waals surface area (Å²) in [5.41, 5.74) is 5.29. The van der Waals surface area contributed by atoms with Crippen LogP contribution in [0.25, 0.3) is 0 Å². The van der Waals surface area contributed by atoms with Crippen molar-refractivity contribution in [2.75, 3.05) is 25.4 Å². The molecule has 0 spiro atoms. The van der Waals surface area contributed by atoms with Crippen molar-refractivity contribution >= 4 is 11.9 Å². The van der Waals surface area contributed by atoms with E-state index in [1.807, 2.05) is 6.92 Å². The highest BCUT2D eigenvalue weighted by Crippen LogP contribution is 2.01. The summed E-state index contributed by atoms with van der Waals surface area (Å²) >= 11 is 0. The van der Waals surface area contributed by atoms with Crippen LogP contribution in [0.1, 0.15) is 24.0 Å². The molecule has 1 rings (SSSR count). The fourth-order valence-corrected chi connectivity index (χ4v) is 1.19. The first-order valence-electron chi connectivity index (χ1n) is 4.77. The standard InChI is InChI=1S/C8H15N5O2/c1-2-13(4-3-5-14)7(15)6-10-8(9)12-11-6/h14H,2-5H2,1H3,(H3,9,10,11,12). The van der Waals surface area contributed by atoms with E-state index in [4.69, 9.17) is 10.8 Å². The molecule has 0 aliphatic heterocycles. The fraction of sp³-hybridized carbons (Fsp3) is 0.625. The van der Waals surface area contributed by atoms with Crippen LogP contribution < -0.4 is 5.73 Å². The lowest BCUT2D eigenvalue weighted by Crippen LogP contribution is -2.33. The van der Waals surface area contributed by atoms with Gasteiger partial charge < -0.3 is 15.7 Å². The van der Waals surface area contributed by atoms with E-state index in [0.717, 1.165) is 0 Å². The van der Waals surface area contributed by atoms with Gasteiger partial charge in [-0.25, -0.2) is 0 Å². The summed E-state index contributed by atoms with van der Waals surface area (Å²) in [5.74, 6) is -0.0704. The molecule has 4 N–H and O–H groups in total. The number of nitrogens with one attached hydrogen (secondary N) is 1. The number of hydrogen-bond acceptors (Lipinski definition) is 5. The van der Waals surface area contributed by atoms with Crippen molar-refractivity contribution in [2.24, 2.45) is 0 Å². The summed E-state index contributed by atoms with van der Waals surface area (Å²) in [7, 11) is 0. The predicted octanol–water partition coefficient (Wildman–Crippen LogP) is -0.769. The van der Waals surface area contributed by atoms with Crippen LogP contribution in [0.4, 0.5) is 5.95 Å². The Kier molecular flexibility index (Phi) is 4.04. The van der Waals surface area contributed by atoms with Gasteiger partial charge in [0.15, 0.2) is 0 Å². The number of aromatic nitrogens is 3. The van der Waals surface area contributed by atoms with Crippen molar-refractivity contribution in [3.05, 3.63) is 5.82 Å². The second-order valence-electron chi connectivity index (χ2n) is 3.00. The van der Waals surface area contributed by atoms with Crippen LogP contribution >= 0.6 is 0 Å². The third-order valence-electron chi connectivity index (χ3n) is 1.96. The van der Waals surface area contributed by atoms with Crippen molar-refractivity contribution in [3.8, 4) is 0 Å². The molecule has 84 valence electrons. The molecule has 1 amide bonds. The molecule has 1 heterocycles.